The fourth-order valence-electron chi connectivity index (χ4n) is 3.55. The van der Waals surface area contributed by atoms with Gasteiger partial charge in [-0.25, -0.2) is 4.98 Å². The summed E-state index contributed by atoms with van der Waals surface area (Å²) in [5, 5.41) is 11.3. The molecule has 1 aromatic heterocycles. The van der Waals surface area contributed by atoms with E-state index in [0.717, 1.165) is 24.2 Å². The van der Waals surface area contributed by atoms with E-state index in [-0.39, 0.29) is 30.1 Å². The number of anilines is 1. The average Bonchev–Trinajstić information content (AvgIpc) is 2.89. The summed E-state index contributed by atoms with van der Waals surface area (Å²) < 4.78 is 11.4. The molecule has 7 nitrogen and oxygen atoms in total. The first kappa shape index (κ1) is 15.8. The quantitative estimate of drug-likeness (QED) is 0.615. The van der Waals surface area contributed by atoms with Gasteiger partial charge in [0.05, 0.1) is 30.2 Å². The lowest BCUT2D eigenvalue weighted by molar-refractivity contribution is -0.386. The van der Waals surface area contributed by atoms with Gasteiger partial charge in [0.1, 0.15) is 18.6 Å². The summed E-state index contributed by atoms with van der Waals surface area (Å²) in [5.74, 6) is 0.981. The molecule has 2 unspecified atom stereocenters. The molecule has 2 fully saturated rings. The van der Waals surface area contributed by atoms with Gasteiger partial charge in [-0.2, -0.15) is 0 Å². The van der Waals surface area contributed by atoms with E-state index >= 15 is 0 Å². The molecular formula is C18H19N3O4. The topological polar surface area (TPSA) is 77.7 Å². The van der Waals surface area contributed by atoms with Gasteiger partial charge < -0.3 is 14.4 Å². The molecule has 2 atom stereocenters. The van der Waals surface area contributed by atoms with Crippen molar-refractivity contribution in [2.45, 2.75) is 31.5 Å². The van der Waals surface area contributed by atoms with Gasteiger partial charge >= 0.3 is 5.69 Å². The standard InChI is InChI=1S/C18H19N3O4/c22-21(23)16-9-19-18(20-14-6-7-15(20)12-24-11-14)8-17(16)25-10-13-4-2-1-3-5-13/h1-5,8-9,14-15H,6-7,10-12H2. The van der Waals surface area contributed by atoms with E-state index in [1.54, 1.807) is 6.07 Å². The van der Waals surface area contributed by atoms with Gasteiger partial charge in [0.15, 0.2) is 0 Å². The maximum Gasteiger partial charge on any atom is 0.329 e. The summed E-state index contributed by atoms with van der Waals surface area (Å²) in [7, 11) is 0. The van der Waals surface area contributed by atoms with E-state index in [9.17, 15) is 10.1 Å². The average molecular weight is 341 g/mol. The molecule has 2 aromatic rings. The Balaban J connectivity index is 1.61. The molecule has 7 heteroatoms. The van der Waals surface area contributed by atoms with E-state index in [0.29, 0.717) is 13.2 Å². The van der Waals surface area contributed by atoms with Crippen molar-refractivity contribution in [2.24, 2.45) is 0 Å². The highest BCUT2D eigenvalue weighted by Gasteiger charge is 2.38. The number of hydrogen-bond acceptors (Lipinski definition) is 6. The van der Waals surface area contributed by atoms with Gasteiger partial charge in [0.25, 0.3) is 0 Å². The van der Waals surface area contributed by atoms with Crippen LogP contribution in [0.3, 0.4) is 0 Å². The molecule has 4 rings (SSSR count). The third-order valence-electron chi connectivity index (χ3n) is 4.77. The van der Waals surface area contributed by atoms with Crippen molar-refractivity contribution >= 4 is 11.5 Å². The SMILES string of the molecule is O=[N+]([O-])c1cnc(N2C3CCC2COC3)cc1OCc1ccccc1. The van der Waals surface area contributed by atoms with Crippen LogP contribution in [0.5, 0.6) is 5.75 Å². The van der Waals surface area contributed by atoms with E-state index in [1.165, 1.54) is 6.20 Å². The molecular weight excluding hydrogens is 322 g/mol. The summed E-state index contributed by atoms with van der Waals surface area (Å²) in [4.78, 5) is 17.4. The normalized spacial score (nSPS) is 22.0. The number of rotatable bonds is 5. The fourth-order valence-corrected chi connectivity index (χ4v) is 3.55. The van der Waals surface area contributed by atoms with Crippen molar-refractivity contribution < 1.29 is 14.4 Å². The van der Waals surface area contributed by atoms with Crippen molar-refractivity contribution in [3.63, 3.8) is 0 Å². The minimum Gasteiger partial charge on any atom is -0.482 e. The van der Waals surface area contributed by atoms with Crippen LogP contribution in [0.1, 0.15) is 18.4 Å². The number of pyridine rings is 1. The Labute approximate surface area is 145 Å². The number of aromatic nitrogens is 1. The Bertz CT molecular complexity index is 752. The predicted molar refractivity (Wildman–Crippen MR) is 91.8 cm³/mol. The number of morpholine rings is 1. The van der Waals surface area contributed by atoms with Crippen molar-refractivity contribution in [1.29, 1.82) is 0 Å². The molecule has 2 aliphatic rings. The van der Waals surface area contributed by atoms with Gasteiger partial charge in [-0.1, -0.05) is 30.3 Å². The number of fused-ring (bicyclic) bond motifs is 2. The highest BCUT2D eigenvalue weighted by Crippen LogP contribution is 2.37. The zero-order valence-electron chi connectivity index (χ0n) is 13.7. The van der Waals surface area contributed by atoms with E-state index in [1.807, 2.05) is 30.3 Å². The minimum atomic E-state index is -0.453. The molecule has 130 valence electrons. The molecule has 0 saturated carbocycles. The number of ether oxygens (including phenoxy) is 2. The Kier molecular flexibility index (Phi) is 4.23. The van der Waals surface area contributed by atoms with Crippen molar-refractivity contribution in [1.82, 2.24) is 4.98 Å². The first-order chi connectivity index (χ1) is 12.2. The molecule has 3 heterocycles. The van der Waals surface area contributed by atoms with E-state index in [2.05, 4.69) is 9.88 Å². The maximum atomic E-state index is 11.3. The summed E-state index contributed by atoms with van der Waals surface area (Å²) in [6.45, 7) is 1.63. The largest absolute Gasteiger partial charge is 0.482 e. The molecule has 1 aromatic carbocycles. The minimum absolute atomic E-state index is 0.111. The Morgan fingerprint density at radius 1 is 1.24 bits per heavy atom. The van der Waals surface area contributed by atoms with Gasteiger partial charge in [-0.05, 0) is 18.4 Å². The van der Waals surface area contributed by atoms with E-state index < -0.39 is 4.92 Å². The first-order valence-corrected chi connectivity index (χ1v) is 8.39. The molecule has 2 saturated heterocycles. The molecule has 2 bridgehead atoms. The Hall–Kier alpha value is -2.67. The molecule has 0 aliphatic carbocycles. The lowest BCUT2D eigenvalue weighted by Crippen LogP contribution is -2.46. The lowest BCUT2D eigenvalue weighted by Gasteiger charge is -2.35. The second-order valence-electron chi connectivity index (χ2n) is 6.37. The summed E-state index contributed by atoms with van der Waals surface area (Å²) >= 11 is 0. The van der Waals surface area contributed by atoms with Crippen LogP contribution >= 0.6 is 0 Å². The van der Waals surface area contributed by atoms with Crippen LogP contribution in [0.4, 0.5) is 11.5 Å². The monoisotopic (exact) mass is 341 g/mol. The maximum absolute atomic E-state index is 11.3. The van der Waals surface area contributed by atoms with Crippen LogP contribution < -0.4 is 9.64 Å². The number of hydrogen-bond donors (Lipinski definition) is 0. The fraction of sp³-hybridized carbons (Fsp3) is 0.389. The van der Waals surface area contributed by atoms with Gasteiger partial charge in [-0.3, -0.25) is 10.1 Å². The second kappa shape index (κ2) is 6.68. The van der Waals surface area contributed by atoms with Crippen LogP contribution in [-0.2, 0) is 11.3 Å². The highest BCUT2D eigenvalue weighted by atomic mass is 16.6. The Morgan fingerprint density at radius 2 is 1.96 bits per heavy atom. The van der Waals surface area contributed by atoms with Crippen LogP contribution in [0.2, 0.25) is 0 Å². The van der Waals surface area contributed by atoms with Gasteiger partial charge in [0, 0.05) is 6.07 Å². The molecule has 0 amide bonds. The van der Waals surface area contributed by atoms with Crippen LogP contribution in [0, 0.1) is 10.1 Å². The zero-order chi connectivity index (χ0) is 17.2. The highest BCUT2D eigenvalue weighted by molar-refractivity contribution is 5.55. The van der Waals surface area contributed by atoms with Gasteiger partial charge in [0.2, 0.25) is 5.75 Å². The molecule has 25 heavy (non-hydrogen) atoms. The third kappa shape index (κ3) is 3.15. The summed E-state index contributed by atoms with van der Waals surface area (Å²) in [6.07, 6.45) is 3.41. The van der Waals surface area contributed by atoms with Crippen molar-refractivity contribution in [3.05, 3.63) is 58.3 Å². The lowest BCUT2D eigenvalue weighted by atomic mass is 10.2. The number of nitrogens with zero attached hydrogens (tertiary/aromatic N) is 3. The molecule has 2 aliphatic heterocycles. The summed E-state index contributed by atoms with van der Waals surface area (Å²) in [6, 6.07) is 11.9. The molecule has 0 N–H and O–H groups in total. The third-order valence-corrected chi connectivity index (χ3v) is 4.77. The van der Waals surface area contributed by atoms with Crippen LogP contribution in [0.25, 0.3) is 0 Å². The smallest absolute Gasteiger partial charge is 0.329 e. The molecule has 0 radical (unpaired) electrons. The van der Waals surface area contributed by atoms with Crippen LogP contribution in [0.15, 0.2) is 42.6 Å². The van der Waals surface area contributed by atoms with Crippen molar-refractivity contribution in [2.75, 3.05) is 18.1 Å². The molecule has 0 spiro atoms. The number of nitro groups is 1. The zero-order valence-corrected chi connectivity index (χ0v) is 13.7. The number of benzene rings is 1. The van der Waals surface area contributed by atoms with Gasteiger partial charge in [-0.15, -0.1) is 0 Å². The predicted octanol–water partition coefficient (Wildman–Crippen LogP) is 2.94. The van der Waals surface area contributed by atoms with Crippen molar-refractivity contribution in [3.8, 4) is 5.75 Å². The first-order valence-electron chi connectivity index (χ1n) is 8.39. The van der Waals surface area contributed by atoms with Crippen LogP contribution in [-0.4, -0.2) is 35.2 Å². The second-order valence-corrected chi connectivity index (χ2v) is 6.37. The Morgan fingerprint density at radius 3 is 2.64 bits per heavy atom. The summed E-state index contributed by atoms with van der Waals surface area (Å²) in [5.41, 5.74) is 0.849. The van der Waals surface area contributed by atoms with E-state index in [4.69, 9.17) is 9.47 Å².